The number of aliphatic hydroxyl groups is 1. The molecule has 0 aliphatic rings. The van der Waals surface area contributed by atoms with Gasteiger partial charge in [-0.15, -0.1) is 0 Å². The molecule has 2 nitrogen and oxygen atoms in total. The van der Waals surface area contributed by atoms with E-state index in [-0.39, 0.29) is 6.10 Å². The Labute approximate surface area is 148 Å². The van der Waals surface area contributed by atoms with Crippen LogP contribution in [-0.4, -0.2) is 34.5 Å². The molecule has 2 unspecified atom stereocenters. The molecule has 0 radical (unpaired) electrons. The third kappa shape index (κ3) is 13.0. The van der Waals surface area contributed by atoms with E-state index >= 15 is 0 Å². The zero-order valence-electron chi connectivity index (χ0n) is 13.6. The summed E-state index contributed by atoms with van der Waals surface area (Å²) in [6.45, 7) is 15.5. The van der Waals surface area contributed by atoms with Crippen LogP contribution in [0.2, 0.25) is 18.1 Å². The minimum atomic E-state index is -1.51. The predicted molar refractivity (Wildman–Crippen MR) is 106 cm³/mol. The Hall–Kier alpha value is 1.60. The Morgan fingerprint density at radius 1 is 1.05 bits per heavy atom. The molecule has 5 heteroatoms. The summed E-state index contributed by atoms with van der Waals surface area (Å²) >= 11 is 4.65. The molecule has 0 aromatic heterocycles. The van der Waals surface area contributed by atoms with Gasteiger partial charge in [-0.2, -0.15) is 0 Å². The lowest BCUT2D eigenvalue weighted by Crippen LogP contribution is -2.43. The van der Waals surface area contributed by atoms with Crippen molar-refractivity contribution < 1.29 is 9.53 Å². The third-order valence-corrected chi connectivity index (χ3v) is 9.19. The SMILES string of the molecule is CC(CCI)O[Si](C)(C)C(C)(C)C.CC(O)CCI. The maximum Gasteiger partial charge on any atom is 0.192 e. The zero-order chi connectivity index (χ0) is 15.7. The van der Waals surface area contributed by atoms with Gasteiger partial charge in [0.2, 0.25) is 0 Å². The van der Waals surface area contributed by atoms with Crippen molar-refractivity contribution in [3.8, 4) is 0 Å². The van der Waals surface area contributed by atoms with Gasteiger partial charge in [-0.3, -0.25) is 0 Å². The summed E-state index contributed by atoms with van der Waals surface area (Å²) in [5, 5.41) is 8.89. The average Bonchev–Trinajstić information content (AvgIpc) is 2.15. The largest absolute Gasteiger partial charge is 0.414 e. The highest BCUT2D eigenvalue weighted by Gasteiger charge is 2.38. The number of rotatable bonds is 6. The number of alkyl halides is 2. The Morgan fingerprint density at radius 3 is 1.68 bits per heavy atom. The lowest BCUT2D eigenvalue weighted by atomic mass is 10.2. The van der Waals surface area contributed by atoms with Gasteiger partial charge < -0.3 is 9.53 Å². The van der Waals surface area contributed by atoms with Crippen molar-refractivity contribution in [2.45, 2.75) is 77.8 Å². The van der Waals surface area contributed by atoms with Gasteiger partial charge in [-0.1, -0.05) is 66.0 Å². The maximum atomic E-state index is 8.55. The topological polar surface area (TPSA) is 29.5 Å². The second-order valence-electron chi connectivity index (χ2n) is 6.49. The first-order valence-corrected chi connectivity index (χ1v) is 12.9. The van der Waals surface area contributed by atoms with Crippen LogP contribution >= 0.6 is 45.2 Å². The molecule has 0 heterocycles. The molecule has 0 saturated carbocycles. The van der Waals surface area contributed by atoms with E-state index in [2.05, 4.69) is 86.0 Å². The van der Waals surface area contributed by atoms with Crippen molar-refractivity contribution in [1.29, 1.82) is 0 Å². The van der Waals surface area contributed by atoms with Gasteiger partial charge in [0.1, 0.15) is 0 Å². The molecule has 0 amide bonds. The monoisotopic (exact) mass is 514 g/mol. The average molecular weight is 514 g/mol. The van der Waals surface area contributed by atoms with Crippen molar-refractivity contribution in [3.05, 3.63) is 0 Å². The van der Waals surface area contributed by atoms with Crippen molar-refractivity contribution in [2.75, 3.05) is 8.86 Å². The minimum Gasteiger partial charge on any atom is -0.414 e. The van der Waals surface area contributed by atoms with Crippen LogP contribution in [0.25, 0.3) is 0 Å². The zero-order valence-corrected chi connectivity index (χ0v) is 18.9. The van der Waals surface area contributed by atoms with Gasteiger partial charge in [0.25, 0.3) is 0 Å². The fourth-order valence-electron chi connectivity index (χ4n) is 1.05. The number of aliphatic hydroxyl groups excluding tert-OH is 1. The highest BCUT2D eigenvalue weighted by Crippen LogP contribution is 2.37. The van der Waals surface area contributed by atoms with E-state index in [0.717, 1.165) is 10.8 Å². The smallest absolute Gasteiger partial charge is 0.192 e. The van der Waals surface area contributed by atoms with Crippen LogP contribution in [0.3, 0.4) is 0 Å². The molecule has 0 aromatic rings. The van der Waals surface area contributed by atoms with Gasteiger partial charge in [0, 0.05) is 15.0 Å². The summed E-state index contributed by atoms with van der Waals surface area (Å²) < 4.78 is 8.42. The van der Waals surface area contributed by atoms with E-state index in [9.17, 15) is 0 Å². The van der Waals surface area contributed by atoms with Gasteiger partial charge in [-0.25, -0.2) is 0 Å². The molecular weight excluding hydrogens is 482 g/mol. The molecule has 0 bridgehead atoms. The van der Waals surface area contributed by atoms with Gasteiger partial charge in [-0.05, 0) is 44.8 Å². The lowest BCUT2D eigenvalue weighted by Gasteiger charge is -2.38. The Balaban J connectivity index is 0. The molecule has 0 aromatic carbocycles. The summed E-state index contributed by atoms with van der Waals surface area (Å²) in [5.74, 6) is 0. The number of hydrogen-bond donors (Lipinski definition) is 1. The first-order valence-electron chi connectivity index (χ1n) is 6.95. The highest BCUT2D eigenvalue weighted by atomic mass is 127. The molecular formula is C14H32I2O2Si. The van der Waals surface area contributed by atoms with Crippen molar-refractivity contribution in [1.82, 2.24) is 0 Å². The Morgan fingerprint density at radius 2 is 1.47 bits per heavy atom. The fraction of sp³-hybridized carbons (Fsp3) is 1.00. The summed E-state index contributed by atoms with van der Waals surface area (Å²) in [6, 6.07) is 0. The number of hydrogen-bond acceptors (Lipinski definition) is 2. The van der Waals surface area contributed by atoms with Gasteiger partial charge in [0.15, 0.2) is 8.32 Å². The highest BCUT2D eigenvalue weighted by molar-refractivity contribution is 14.1. The second-order valence-corrected chi connectivity index (χ2v) is 13.4. The van der Waals surface area contributed by atoms with Crippen LogP contribution in [0, 0.1) is 0 Å². The molecule has 0 saturated heterocycles. The van der Waals surface area contributed by atoms with Crippen molar-refractivity contribution in [3.63, 3.8) is 0 Å². The standard InChI is InChI=1S/C10H23IOSi.C4H9IO/c1-9(7-8-11)12-13(5,6)10(2,3)4;1-4(6)2-3-5/h9H,7-8H2,1-6H3;4,6H,2-3H2,1H3. The summed E-state index contributed by atoms with van der Waals surface area (Å²) in [4.78, 5) is 0. The quantitative estimate of drug-likeness (QED) is 0.292. The van der Waals surface area contributed by atoms with E-state index in [1.165, 1.54) is 10.8 Å². The van der Waals surface area contributed by atoms with Crippen LogP contribution in [0.5, 0.6) is 0 Å². The van der Waals surface area contributed by atoms with Crippen LogP contribution in [-0.2, 0) is 4.43 Å². The molecule has 1 N–H and O–H groups in total. The van der Waals surface area contributed by atoms with Crippen LogP contribution in [0.15, 0.2) is 0 Å². The molecule has 19 heavy (non-hydrogen) atoms. The van der Waals surface area contributed by atoms with Crippen LogP contribution in [0.4, 0.5) is 0 Å². The van der Waals surface area contributed by atoms with Crippen molar-refractivity contribution in [2.24, 2.45) is 0 Å². The summed E-state index contributed by atoms with van der Waals surface area (Å²) in [6.07, 6.45) is 2.41. The molecule has 0 aliphatic carbocycles. The first-order chi connectivity index (χ1) is 8.47. The van der Waals surface area contributed by atoms with Crippen LogP contribution < -0.4 is 0 Å². The van der Waals surface area contributed by atoms with Crippen molar-refractivity contribution >= 4 is 53.5 Å². The van der Waals surface area contributed by atoms with Gasteiger partial charge >= 0.3 is 0 Å². The molecule has 0 fully saturated rings. The fourth-order valence-corrected chi connectivity index (χ4v) is 4.31. The molecule has 0 aliphatic heterocycles. The Bertz CT molecular complexity index is 216. The first kappa shape index (κ1) is 22.9. The Kier molecular flexibility index (Phi) is 13.5. The van der Waals surface area contributed by atoms with E-state index in [0.29, 0.717) is 11.1 Å². The van der Waals surface area contributed by atoms with E-state index in [4.69, 9.17) is 9.53 Å². The molecule has 118 valence electrons. The van der Waals surface area contributed by atoms with E-state index in [1.54, 1.807) is 6.92 Å². The second kappa shape index (κ2) is 11.2. The lowest BCUT2D eigenvalue weighted by molar-refractivity contribution is 0.193. The molecule has 2 atom stereocenters. The van der Waals surface area contributed by atoms with Gasteiger partial charge in [0.05, 0.1) is 6.10 Å². The molecule has 0 rings (SSSR count). The number of halogens is 2. The van der Waals surface area contributed by atoms with Crippen LogP contribution in [0.1, 0.15) is 47.5 Å². The summed E-state index contributed by atoms with van der Waals surface area (Å²) in [7, 11) is -1.51. The normalized spacial score (nSPS) is 15.5. The van der Waals surface area contributed by atoms with E-state index < -0.39 is 8.32 Å². The van der Waals surface area contributed by atoms with E-state index in [1.807, 2.05) is 0 Å². The third-order valence-electron chi connectivity index (χ3n) is 3.34. The maximum absolute atomic E-state index is 8.55. The minimum absolute atomic E-state index is 0.109. The predicted octanol–water partition coefficient (Wildman–Crippen LogP) is 5.41. The summed E-state index contributed by atoms with van der Waals surface area (Å²) in [5.41, 5.74) is 0. The molecule has 0 spiro atoms.